The molecule has 1 aromatic rings. The number of hydrogen-bond donors (Lipinski definition) is 1. The van der Waals surface area contributed by atoms with Crippen molar-refractivity contribution in [2.75, 3.05) is 26.2 Å². The van der Waals surface area contributed by atoms with E-state index in [-0.39, 0.29) is 30.8 Å². The van der Waals surface area contributed by atoms with Crippen LogP contribution in [0.3, 0.4) is 0 Å². The largest absolute Gasteiger partial charge is 0.427 e. The molecular weight excluding hydrogens is 323 g/mol. The van der Waals surface area contributed by atoms with Crippen LogP contribution in [0, 0.1) is 0 Å². The Balaban J connectivity index is 0.00000220. The number of esters is 1. The van der Waals surface area contributed by atoms with Crippen LogP contribution in [-0.4, -0.2) is 37.0 Å². The minimum Gasteiger partial charge on any atom is -0.427 e. The highest BCUT2D eigenvalue weighted by atomic mass is 35.5. The zero-order chi connectivity index (χ0) is 14.4. The van der Waals surface area contributed by atoms with Crippen LogP contribution < -0.4 is 10.1 Å². The van der Waals surface area contributed by atoms with E-state index in [2.05, 4.69) is 16.8 Å². The lowest BCUT2D eigenvalue weighted by molar-refractivity contribution is -0.131. The van der Waals surface area contributed by atoms with Crippen molar-refractivity contribution in [3.8, 4) is 5.75 Å². The van der Waals surface area contributed by atoms with Crippen molar-refractivity contribution in [2.24, 2.45) is 0 Å². The molecule has 0 aliphatic carbocycles. The van der Waals surface area contributed by atoms with Crippen LogP contribution >= 0.6 is 24.8 Å². The Bertz CT molecular complexity index is 460. The van der Waals surface area contributed by atoms with Crippen molar-refractivity contribution in [3.05, 3.63) is 42.5 Å². The molecule has 0 aromatic heterocycles. The highest BCUT2D eigenvalue weighted by Crippen LogP contribution is 2.26. The number of piperazine rings is 1. The molecule has 1 heterocycles. The van der Waals surface area contributed by atoms with E-state index in [0.29, 0.717) is 11.8 Å². The summed E-state index contributed by atoms with van der Waals surface area (Å²) in [7, 11) is 0. The van der Waals surface area contributed by atoms with Crippen LogP contribution in [-0.2, 0) is 4.79 Å². The van der Waals surface area contributed by atoms with Gasteiger partial charge in [-0.15, -0.1) is 31.4 Å². The van der Waals surface area contributed by atoms with Gasteiger partial charge in [-0.25, -0.2) is 0 Å². The minimum absolute atomic E-state index is 0. The molecule has 124 valence electrons. The number of halogens is 2. The average Bonchev–Trinajstić information content (AvgIpc) is 2.46. The Labute approximate surface area is 144 Å². The van der Waals surface area contributed by atoms with Crippen molar-refractivity contribution < 1.29 is 9.53 Å². The molecule has 1 N–H and O–H groups in total. The first-order valence-electron chi connectivity index (χ1n) is 7.04. The maximum atomic E-state index is 10.9. The van der Waals surface area contributed by atoms with Gasteiger partial charge in [-0.05, 0) is 24.1 Å². The predicted molar refractivity (Wildman–Crippen MR) is 94.2 cm³/mol. The van der Waals surface area contributed by atoms with Gasteiger partial charge < -0.3 is 10.1 Å². The summed E-state index contributed by atoms with van der Waals surface area (Å²) < 4.78 is 5.07. The maximum Gasteiger partial charge on any atom is 0.308 e. The van der Waals surface area contributed by atoms with Crippen molar-refractivity contribution in [1.82, 2.24) is 10.2 Å². The minimum atomic E-state index is -0.289. The van der Waals surface area contributed by atoms with Crippen LogP contribution in [0.4, 0.5) is 0 Å². The highest BCUT2D eigenvalue weighted by Gasteiger charge is 2.20. The number of carbonyl (C=O) groups excluding carboxylic acids is 1. The Kier molecular flexibility index (Phi) is 10.1. The van der Waals surface area contributed by atoms with E-state index in [9.17, 15) is 4.79 Å². The zero-order valence-electron chi connectivity index (χ0n) is 12.8. The van der Waals surface area contributed by atoms with Crippen molar-refractivity contribution in [3.63, 3.8) is 0 Å². The molecule has 4 nitrogen and oxygen atoms in total. The van der Waals surface area contributed by atoms with Gasteiger partial charge in [-0.3, -0.25) is 9.69 Å². The van der Waals surface area contributed by atoms with E-state index >= 15 is 0 Å². The summed E-state index contributed by atoms with van der Waals surface area (Å²) in [4.78, 5) is 13.4. The Hall–Kier alpha value is -1.07. The van der Waals surface area contributed by atoms with Crippen LogP contribution in [0.5, 0.6) is 5.75 Å². The third kappa shape index (κ3) is 5.97. The molecule has 1 fully saturated rings. The lowest BCUT2D eigenvalue weighted by atomic mass is 10.0. The molecule has 0 unspecified atom stereocenters. The first-order chi connectivity index (χ1) is 9.70. The Morgan fingerprint density at radius 1 is 1.32 bits per heavy atom. The van der Waals surface area contributed by atoms with E-state index in [1.54, 1.807) is 0 Å². The number of ether oxygens (including phenoxy) is 1. The summed E-state index contributed by atoms with van der Waals surface area (Å²) in [5.41, 5.74) is 1.24. The maximum absolute atomic E-state index is 10.9. The molecule has 0 saturated carbocycles. The van der Waals surface area contributed by atoms with Crippen molar-refractivity contribution in [2.45, 2.75) is 19.4 Å². The lowest BCUT2D eigenvalue weighted by Gasteiger charge is -2.34. The van der Waals surface area contributed by atoms with E-state index < -0.39 is 0 Å². The number of nitrogens with zero attached hydrogens (tertiary/aromatic N) is 1. The van der Waals surface area contributed by atoms with E-state index in [0.717, 1.165) is 32.6 Å². The molecule has 1 aliphatic rings. The molecule has 1 saturated heterocycles. The fraction of sp³-hybridized carbons (Fsp3) is 0.438. The van der Waals surface area contributed by atoms with Gasteiger partial charge in [0.2, 0.25) is 0 Å². The fourth-order valence-corrected chi connectivity index (χ4v) is 2.57. The topological polar surface area (TPSA) is 41.6 Å². The third-order valence-electron chi connectivity index (χ3n) is 3.51. The van der Waals surface area contributed by atoms with Gasteiger partial charge in [0.25, 0.3) is 0 Å². The molecule has 6 heteroatoms. The summed E-state index contributed by atoms with van der Waals surface area (Å²) in [5.74, 6) is 0.307. The van der Waals surface area contributed by atoms with E-state index in [1.165, 1.54) is 12.5 Å². The van der Waals surface area contributed by atoms with Gasteiger partial charge >= 0.3 is 5.97 Å². The zero-order valence-corrected chi connectivity index (χ0v) is 14.4. The fourth-order valence-electron chi connectivity index (χ4n) is 2.57. The van der Waals surface area contributed by atoms with Gasteiger partial charge in [0.1, 0.15) is 5.75 Å². The van der Waals surface area contributed by atoms with E-state index in [4.69, 9.17) is 4.74 Å². The first kappa shape index (κ1) is 20.9. The molecule has 22 heavy (non-hydrogen) atoms. The van der Waals surface area contributed by atoms with Crippen LogP contribution in [0.15, 0.2) is 36.9 Å². The molecule has 1 atom stereocenters. The van der Waals surface area contributed by atoms with Crippen molar-refractivity contribution >= 4 is 30.8 Å². The summed E-state index contributed by atoms with van der Waals surface area (Å²) in [5, 5.41) is 3.37. The smallest absolute Gasteiger partial charge is 0.308 e. The second-order valence-electron chi connectivity index (χ2n) is 4.99. The summed E-state index contributed by atoms with van der Waals surface area (Å²) in [6.45, 7) is 9.42. The third-order valence-corrected chi connectivity index (χ3v) is 3.51. The molecule has 0 spiro atoms. The monoisotopic (exact) mass is 346 g/mol. The number of carbonyl (C=O) groups is 1. The van der Waals surface area contributed by atoms with Gasteiger partial charge in [-0.1, -0.05) is 18.2 Å². The van der Waals surface area contributed by atoms with Crippen LogP contribution in [0.1, 0.15) is 24.9 Å². The van der Waals surface area contributed by atoms with Crippen LogP contribution in [0.2, 0.25) is 0 Å². The van der Waals surface area contributed by atoms with Gasteiger partial charge in [0.15, 0.2) is 0 Å². The van der Waals surface area contributed by atoms with Crippen molar-refractivity contribution in [1.29, 1.82) is 0 Å². The molecule has 1 aliphatic heterocycles. The average molecular weight is 347 g/mol. The SMILES string of the molecule is C=CC[C@H](c1ccc(OC(C)=O)cc1)N1CCNCC1.Cl.Cl. The first-order valence-corrected chi connectivity index (χ1v) is 7.04. The molecule has 1 aromatic carbocycles. The summed E-state index contributed by atoms with van der Waals surface area (Å²) in [6.07, 6.45) is 2.89. The van der Waals surface area contributed by atoms with Gasteiger partial charge in [-0.2, -0.15) is 0 Å². The summed E-state index contributed by atoms with van der Waals surface area (Å²) in [6, 6.07) is 8.13. The molecule has 0 amide bonds. The molecule has 0 radical (unpaired) electrons. The summed E-state index contributed by atoms with van der Waals surface area (Å²) >= 11 is 0. The molecule has 2 rings (SSSR count). The molecular formula is C16H24Cl2N2O2. The van der Waals surface area contributed by atoms with Crippen LogP contribution in [0.25, 0.3) is 0 Å². The second kappa shape index (κ2) is 10.6. The highest BCUT2D eigenvalue weighted by molar-refractivity contribution is 5.85. The number of rotatable bonds is 5. The number of nitrogens with one attached hydrogen (secondary N) is 1. The predicted octanol–water partition coefficient (Wildman–Crippen LogP) is 2.98. The molecule has 0 bridgehead atoms. The number of hydrogen-bond acceptors (Lipinski definition) is 4. The van der Waals surface area contributed by atoms with E-state index in [1.807, 2.05) is 30.3 Å². The standard InChI is InChI=1S/C16H22N2O2.2ClH/c1-3-4-16(18-11-9-17-10-12-18)14-5-7-15(8-6-14)20-13(2)19;;/h3,5-8,16-17H,1,4,9-12H2,2H3;2*1H/t16-;;/m1../s1. The van der Waals surface area contributed by atoms with Gasteiger partial charge in [0, 0.05) is 39.1 Å². The van der Waals surface area contributed by atoms with Gasteiger partial charge in [0.05, 0.1) is 0 Å². The normalized spacial score (nSPS) is 15.9. The lowest BCUT2D eigenvalue weighted by Crippen LogP contribution is -2.45. The second-order valence-corrected chi connectivity index (χ2v) is 4.99. The Morgan fingerprint density at radius 3 is 2.41 bits per heavy atom. The quantitative estimate of drug-likeness (QED) is 0.505. The Morgan fingerprint density at radius 2 is 1.91 bits per heavy atom. The number of benzene rings is 1.